The fraction of sp³-hybridized carbons (Fsp3) is 0.133. The number of benzene rings is 1. The number of carbonyl (C=O) groups is 1. The van der Waals surface area contributed by atoms with Crippen LogP contribution in [-0.4, -0.2) is 5.78 Å². The van der Waals surface area contributed by atoms with E-state index in [0.717, 1.165) is 15.4 Å². The lowest BCUT2D eigenvalue weighted by molar-refractivity contribution is 0.103. The van der Waals surface area contributed by atoms with Crippen molar-refractivity contribution in [2.75, 3.05) is 0 Å². The highest BCUT2D eigenvalue weighted by Gasteiger charge is 2.15. The first-order chi connectivity index (χ1) is 9.51. The van der Waals surface area contributed by atoms with Gasteiger partial charge in [0.05, 0.1) is 4.88 Å². The molecule has 0 radical (unpaired) electrons. The average molecular weight is 343 g/mol. The van der Waals surface area contributed by atoms with Crippen LogP contribution in [0.3, 0.4) is 0 Å². The summed E-state index contributed by atoms with van der Waals surface area (Å²) < 4.78 is 0.627. The number of rotatable bonds is 4. The fourth-order valence-corrected chi connectivity index (χ4v) is 4.14. The van der Waals surface area contributed by atoms with Crippen LogP contribution in [0.15, 0.2) is 51.8 Å². The lowest BCUT2D eigenvalue weighted by Gasteiger charge is -1.99. The molecule has 0 saturated carbocycles. The second-order valence-corrected chi connectivity index (χ2v) is 7.31. The smallest absolute Gasteiger partial charge is 0.198 e. The van der Waals surface area contributed by atoms with Crippen molar-refractivity contribution in [3.05, 3.63) is 56.2 Å². The number of Topliss-reactive ketones (excluding diaryl/α,β-unsaturated/α-hetero) is 1. The van der Waals surface area contributed by atoms with E-state index < -0.39 is 0 Å². The summed E-state index contributed by atoms with van der Waals surface area (Å²) in [6, 6.07) is 9.39. The zero-order valence-electron chi connectivity index (χ0n) is 10.9. The van der Waals surface area contributed by atoms with Crippen molar-refractivity contribution in [3.63, 3.8) is 0 Å². The normalized spacial score (nSPS) is 11.7. The molecule has 5 heteroatoms. The Labute approximate surface area is 136 Å². The molecule has 0 saturated heterocycles. The molecule has 1 aromatic heterocycles. The molecule has 2 aromatic rings. The van der Waals surface area contributed by atoms with E-state index in [1.165, 1.54) is 23.1 Å². The molecular formula is C15H12Cl2OS2. The Morgan fingerprint density at radius 1 is 1.30 bits per heavy atom. The van der Waals surface area contributed by atoms with Gasteiger partial charge in [-0.15, -0.1) is 11.3 Å². The molecule has 0 aliphatic heterocycles. The second kappa shape index (κ2) is 6.81. The predicted octanol–water partition coefficient (Wildman–Crippen LogP) is 6.36. The number of carbonyl (C=O) groups excluding carboxylic acids is 1. The molecule has 0 N–H and O–H groups in total. The third-order valence-electron chi connectivity index (χ3n) is 2.69. The number of ketones is 1. The van der Waals surface area contributed by atoms with Crippen LogP contribution in [0.5, 0.6) is 0 Å². The largest absolute Gasteiger partial charge is 0.288 e. The van der Waals surface area contributed by atoms with Gasteiger partial charge in [-0.05, 0) is 43.7 Å². The van der Waals surface area contributed by atoms with Gasteiger partial charge in [-0.1, -0.05) is 47.1 Å². The second-order valence-electron chi connectivity index (χ2n) is 4.11. The monoisotopic (exact) mass is 342 g/mol. The van der Waals surface area contributed by atoms with Crippen LogP contribution in [0.25, 0.3) is 0 Å². The van der Waals surface area contributed by atoms with Gasteiger partial charge in [0, 0.05) is 14.8 Å². The summed E-state index contributed by atoms with van der Waals surface area (Å²) >= 11 is 15.0. The van der Waals surface area contributed by atoms with Crippen molar-refractivity contribution in [1.82, 2.24) is 0 Å². The lowest BCUT2D eigenvalue weighted by Crippen LogP contribution is -1.96. The van der Waals surface area contributed by atoms with Gasteiger partial charge in [-0.2, -0.15) is 0 Å². The predicted molar refractivity (Wildman–Crippen MR) is 88.7 cm³/mol. The first-order valence-electron chi connectivity index (χ1n) is 5.91. The minimum absolute atomic E-state index is 0.0253. The molecule has 0 amide bonds. The van der Waals surface area contributed by atoms with Gasteiger partial charge in [-0.25, -0.2) is 0 Å². The molecular weight excluding hydrogens is 331 g/mol. The van der Waals surface area contributed by atoms with E-state index in [-0.39, 0.29) is 5.78 Å². The van der Waals surface area contributed by atoms with E-state index in [4.69, 9.17) is 23.2 Å². The Kier molecular flexibility index (Phi) is 5.33. The molecule has 1 heterocycles. The summed E-state index contributed by atoms with van der Waals surface area (Å²) in [5.74, 6) is 0.0253. The number of hydrogen-bond donors (Lipinski definition) is 0. The van der Waals surface area contributed by atoms with Crippen LogP contribution < -0.4 is 0 Å². The van der Waals surface area contributed by atoms with Gasteiger partial charge >= 0.3 is 0 Å². The van der Waals surface area contributed by atoms with Crippen molar-refractivity contribution in [1.29, 1.82) is 0 Å². The van der Waals surface area contributed by atoms with Gasteiger partial charge in [0.1, 0.15) is 4.34 Å². The van der Waals surface area contributed by atoms with Crippen LogP contribution in [0.4, 0.5) is 0 Å². The van der Waals surface area contributed by atoms with Gasteiger partial charge in [0.25, 0.3) is 0 Å². The molecule has 1 aromatic carbocycles. The molecule has 0 aliphatic carbocycles. The summed E-state index contributed by atoms with van der Waals surface area (Å²) in [5.41, 5.74) is 0.724. The van der Waals surface area contributed by atoms with Crippen LogP contribution in [0.1, 0.15) is 23.5 Å². The molecule has 0 spiro atoms. The van der Waals surface area contributed by atoms with Gasteiger partial charge in [0.15, 0.2) is 5.78 Å². The minimum atomic E-state index is 0.0253. The van der Waals surface area contributed by atoms with Crippen molar-refractivity contribution < 1.29 is 4.79 Å². The minimum Gasteiger partial charge on any atom is -0.288 e. The third-order valence-corrected chi connectivity index (χ3v) is 5.56. The van der Waals surface area contributed by atoms with Crippen LogP contribution in [-0.2, 0) is 0 Å². The average Bonchev–Trinajstić information content (AvgIpc) is 2.78. The van der Waals surface area contributed by atoms with E-state index in [0.29, 0.717) is 14.2 Å². The summed E-state index contributed by atoms with van der Waals surface area (Å²) in [5, 5.41) is 0.683. The quantitative estimate of drug-likeness (QED) is 0.475. The Bertz CT molecular complexity index is 674. The molecule has 2 rings (SSSR count). The van der Waals surface area contributed by atoms with Crippen LogP contribution in [0, 0.1) is 0 Å². The summed E-state index contributed by atoms with van der Waals surface area (Å²) in [4.78, 5) is 14.6. The van der Waals surface area contributed by atoms with E-state index in [1.54, 1.807) is 13.0 Å². The first kappa shape index (κ1) is 15.6. The zero-order valence-corrected chi connectivity index (χ0v) is 14.1. The van der Waals surface area contributed by atoms with Crippen molar-refractivity contribution in [2.45, 2.75) is 23.6 Å². The Hall–Kier alpha value is -0.740. The Balaban J connectivity index is 2.26. The number of allylic oxidation sites excluding steroid dienone is 2. The zero-order chi connectivity index (χ0) is 14.7. The fourth-order valence-electron chi connectivity index (χ4n) is 1.52. The molecule has 1 nitrogen and oxygen atoms in total. The Morgan fingerprint density at radius 3 is 2.70 bits per heavy atom. The maximum atomic E-state index is 12.1. The van der Waals surface area contributed by atoms with E-state index in [1.807, 2.05) is 37.3 Å². The molecule has 0 fully saturated rings. The summed E-state index contributed by atoms with van der Waals surface area (Å²) in [6.45, 7) is 3.66. The molecule has 0 unspecified atom stereocenters. The number of thiophene rings is 1. The molecule has 104 valence electrons. The molecule has 0 atom stereocenters. The van der Waals surface area contributed by atoms with E-state index in [9.17, 15) is 4.79 Å². The van der Waals surface area contributed by atoms with E-state index in [2.05, 4.69) is 0 Å². The Morgan fingerprint density at radius 2 is 2.05 bits per heavy atom. The standard InChI is InChI=1S/C15H12Cl2OS2/c1-3-9(2)14(18)12-8-13(15(17)20-12)19-11-6-4-5-10(16)7-11/h3-8H,1-2H3/b9-3+. The highest BCUT2D eigenvalue weighted by molar-refractivity contribution is 7.99. The maximum absolute atomic E-state index is 12.1. The van der Waals surface area contributed by atoms with Crippen molar-refractivity contribution in [3.8, 4) is 0 Å². The van der Waals surface area contributed by atoms with Gasteiger partial charge in [0.2, 0.25) is 0 Å². The number of hydrogen-bond acceptors (Lipinski definition) is 3. The van der Waals surface area contributed by atoms with Gasteiger partial charge in [-0.3, -0.25) is 4.79 Å². The molecule has 0 bridgehead atoms. The SMILES string of the molecule is C/C=C(\C)C(=O)c1cc(Sc2cccc(Cl)c2)c(Cl)s1. The highest BCUT2D eigenvalue weighted by atomic mass is 35.5. The number of halogens is 2. The van der Waals surface area contributed by atoms with E-state index >= 15 is 0 Å². The van der Waals surface area contributed by atoms with Crippen LogP contribution >= 0.6 is 46.3 Å². The molecule has 0 aliphatic rings. The lowest BCUT2D eigenvalue weighted by atomic mass is 10.1. The highest BCUT2D eigenvalue weighted by Crippen LogP contribution is 2.40. The third kappa shape index (κ3) is 3.67. The van der Waals surface area contributed by atoms with Crippen LogP contribution in [0.2, 0.25) is 9.36 Å². The summed E-state index contributed by atoms with van der Waals surface area (Å²) in [6.07, 6.45) is 1.81. The maximum Gasteiger partial charge on any atom is 0.198 e. The topological polar surface area (TPSA) is 17.1 Å². The van der Waals surface area contributed by atoms with Crippen molar-refractivity contribution >= 4 is 52.1 Å². The van der Waals surface area contributed by atoms with Gasteiger partial charge < -0.3 is 0 Å². The molecule has 20 heavy (non-hydrogen) atoms. The summed E-state index contributed by atoms with van der Waals surface area (Å²) in [7, 11) is 0. The van der Waals surface area contributed by atoms with Crippen molar-refractivity contribution in [2.24, 2.45) is 0 Å². The first-order valence-corrected chi connectivity index (χ1v) is 8.30.